The van der Waals surface area contributed by atoms with E-state index in [1.807, 2.05) is 0 Å². The lowest BCUT2D eigenvalue weighted by Gasteiger charge is -2.19. The highest BCUT2D eigenvalue weighted by molar-refractivity contribution is 7.13. The van der Waals surface area contributed by atoms with E-state index in [0.717, 1.165) is 12.8 Å². The predicted molar refractivity (Wildman–Crippen MR) is 82.6 cm³/mol. The molecule has 0 unspecified atom stereocenters. The lowest BCUT2D eigenvalue weighted by molar-refractivity contribution is 0.256. The molecule has 1 aromatic carbocycles. The van der Waals surface area contributed by atoms with Crippen LogP contribution in [-0.4, -0.2) is 22.8 Å². The maximum Gasteiger partial charge on any atom is 0.328 e. The highest BCUT2D eigenvalue weighted by atomic mass is 35.5. The third-order valence-electron chi connectivity index (χ3n) is 2.66. The predicted octanol–water partition coefficient (Wildman–Crippen LogP) is 4.03. The van der Waals surface area contributed by atoms with Crippen LogP contribution in [0.2, 0.25) is 5.02 Å². The molecule has 0 aliphatic heterocycles. The summed E-state index contributed by atoms with van der Waals surface area (Å²) in [7, 11) is 0. The van der Waals surface area contributed by atoms with Crippen molar-refractivity contribution in [3.63, 3.8) is 0 Å². The number of nitrogens with zero attached hydrogens (tertiary/aromatic N) is 3. The molecule has 0 aliphatic carbocycles. The van der Waals surface area contributed by atoms with Gasteiger partial charge >= 0.3 is 6.03 Å². The van der Waals surface area contributed by atoms with E-state index in [2.05, 4.69) is 22.4 Å². The van der Waals surface area contributed by atoms with Gasteiger partial charge in [-0.05, 0) is 30.7 Å². The number of carbonyl (C=O) groups excluding carboxylic acids is 1. The van der Waals surface area contributed by atoms with E-state index in [1.54, 1.807) is 34.7 Å². The second kappa shape index (κ2) is 7.21. The molecule has 0 bridgehead atoms. The van der Waals surface area contributed by atoms with Gasteiger partial charge in [-0.1, -0.05) is 36.3 Å². The highest BCUT2D eigenvalue weighted by Crippen LogP contribution is 2.19. The van der Waals surface area contributed by atoms with Crippen LogP contribution in [0.5, 0.6) is 0 Å². The summed E-state index contributed by atoms with van der Waals surface area (Å²) in [6.07, 6.45) is 1.91. The minimum Gasteiger partial charge on any atom is -0.307 e. The molecule has 0 saturated heterocycles. The van der Waals surface area contributed by atoms with Crippen molar-refractivity contribution in [3.05, 3.63) is 34.8 Å². The van der Waals surface area contributed by atoms with Crippen LogP contribution in [0.1, 0.15) is 19.8 Å². The number of hydrogen-bond acceptors (Lipinski definition) is 4. The second-order valence-corrected chi connectivity index (χ2v) is 5.41. The van der Waals surface area contributed by atoms with Gasteiger partial charge in [-0.3, -0.25) is 4.90 Å². The summed E-state index contributed by atoms with van der Waals surface area (Å²) in [5.41, 5.74) is 2.31. The number of halogens is 1. The zero-order chi connectivity index (χ0) is 14.4. The molecule has 20 heavy (non-hydrogen) atoms. The molecule has 1 heterocycles. The quantitative estimate of drug-likeness (QED) is 0.907. The summed E-state index contributed by atoms with van der Waals surface area (Å²) < 4.78 is 0. The monoisotopic (exact) mass is 310 g/mol. The molecule has 2 aromatic rings. The lowest BCUT2D eigenvalue weighted by atomic mass is 10.3. The first-order chi connectivity index (χ1) is 9.70. The second-order valence-electron chi connectivity index (χ2n) is 4.16. The van der Waals surface area contributed by atoms with Crippen LogP contribution >= 0.6 is 22.9 Å². The van der Waals surface area contributed by atoms with Crippen LogP contribution in [0.15, 0.2) is 29.8 Å². The number of carbonyl (C=O) groups is 1. The Morgan fingerprint density at radius 1 is 1.40 bits per heavy atom. The first kappa shape index (κ1) is 14.7. The van der Waals surface area contributed by atoms with Gasteiger partial charge in [0.1, 0.15) is 5.51 Å². The average Bonchev–Trinajstić information content (AvgIpc) is 2.96. The van der Waals surface area contributed by atoms with Crippen LogP contribution in [0, 0.1) is 0 Å². The Morgan fingerprint density at radius 2 is 2.15 bits per heavy atom. The summed E-state index contributed by atoms with van der Waals surface area (Å²) in [5.74, 6) is 0. The zero-order valence-corrected chi connectivity index (χ0v) is 12.6. The van der Waals surface area contributed by atoms with Gasteiger partial charge in [-0.15, -0.1) is 10.2 Å². The number of amides is 2. The molecule has 0 radical (unpaired) electrons. The molecule has 0 atom stereocenters. The Balaban J connectivity index is 2.08. The van der Waals surface area contributed by atoms with E-state index in [9.17, 15) is 4.79 Å². The van der Waals surface area contributed by atoms with E-state index >= 15 is 0 Å². The van der Waals surface area contributed by atoms with E-state index in [-0.39, 0.29) is 6.03 Å². The summed E-state index contributed by atoms with van der Waals surface area (Å²) in [6.45, 7) is 2.69. The minimum absolute atomic E-state index is 0.211. The van der Waals surface area contributed by atoms with E-state index in [4.69, 9.17) is 11.6 Å². The molecule has 0 saturated carbocycles. The maximum absolute atomic E-state index is 12.3. The Hall–Kier alpha value is -1.66. The van der Waals surface area contributed by atoms with Crippen molar-refractivity contribution in [2.24, 2.45) is 0 Å². The molecule has 1 N–H and O–H groups in total. The summed E-state index contributed by atoms with van der Waals surface area (Å²) in [5, 5.41) is 11.8. The van der Waals surface area contributed by atoms with Crippen LogP contribution in [0.4, 0.5) is 15.6 Å². The fourth-order valence-electron chi connectivity index (χ4n) is 1.61. The first-order valence-electron chi connectivity index (χ1n) is 6.31. The topological polar surface area (TPSA) is 58.1 Å². The molecule has 106 valence electrons. The minimum atomic E-state index is -0.211. The van der Waals surface area contributed by atoms with Crippen molar-refractivity contribution in [1.29, 1.82) is 0 Å². The molecule has 7 heteroatoms. The Morgan fingerprint density at radius 3 is 2.75 bits per heavy atom. The van der Waals surface area contributed by atoms with Gasteiger partial charge in [0.05, 0.1) is 0 Å². The molecule has 5 nitrogen and oxygen atoms in total. The smallest absolute Gasteiger partial charge is 0.307 e. The number of urea groups is 1. The van der Waals surface area contributed by atoms with Crippen LogP contribution in [0.3, 0.4) is 0 Å². The van der Waals surface area contributed by atoms with Crippen molar-refractivity contribution in [2.45, 2.75) is 19.8 Å². The van der Waals surface area contributed by atoms with Crippen LogP contribution in [0.25, 0.3) is 0 Å². The van der Waals surface area contributed by atoms with Gasteiger partial charge in [-0.25, -0.2) is 4.79 Å². The van der Waals surface area contributed by atoms with Crippen molar-refractivity contribution in [3.8, 4) is 0 Å². The summed E-state index contributed by atoms with van der Waals surface area (Å²) >= 11 is 7.17. The Bertz CT molecular complexity index is 544. The zero-order valence-electron chi connectivity index (χ0n) is 11.0. The normalized spacial score (nSPS) is 10.3. The largest absolute Gasteiger partial charge is 0.328 e. The number of hydrogen-bond donors (Lipinski definition) is 1. The molecule has 2 rings (SSSR count). The Labute approximate surface area is 126 Å². The van der Waals surface area contributed by atoms with Crippen molar-refractivity contribution < 1.29 is 4.79 Å². The number of benzene rings is 1. The van der Waals surface area contributed by atoms with Crippen LogP contribution < -0.4 is 10.2 Å². The van der Waals surface area contributed by atoms with Crippen molar-refractivity contribution >= 4 is 39.8 Å². The first-order valence-corrected chi connectivity index (χ1v) is 7.56. The van der Waals surface area contributed by atoms with Gasteiger partial charge in [0, 0.05) is 17.3 Å². The van der Waals surface area contributed by atoms with Gasteiger partial charge in [0.25, 0.3) is 0 Å². The molecule has 0 aliphatic rings. The van der Waals surface area contributed by atoms with Gasteiger partial charge in [0.15, 0.2) is 0 Å². The Kier molecular flexibility index (Phi) is 5.31. The molecule has 0 spiro atoms. The van der Waals surface area contributed by atoms with Crippen LogP contribution in [-0.2, 0) is 0 Å². The summed E-state index contributed by atoms with van der Waals surface area (Å²) in [6, 6.07) is 6.78. The molecule has 0 fully saturated rings. The number of aromatic nitrogens is 2. The van der Waals surface area contributed by atoms with E-state index in [1.165, 1.54) is 11.3 Å². The number of anilines is 2. The fourth-order valence-corrected chi connectivity index (χ4v) is 2.32. The molecule has 1 aromatic heterocycles. The number of nitrogens with one attached hydrogen (secondary N) is 1. The fraction of sp³-hybridized carbons (Fsp3) is 0.308. The SMILES string of the molecule is CCCCN(C(=O)Nc1ccc(Cl)cc1)c1nncs1. The van der Waals surface area contributed by atoms with Crippen molar-refractivity contribution in [2.75, 3.05) is 16.8 Å². The number of rotatable bonds is 5. The maximum atomic E-state index is 12.3. The van der Waals surface area contributed by atoms with E-state index in [0.29, 0.717) is 22.4 Å². The molecule has 2 amide bonds. The van der Waals surface area contributed by atoms with Crippen molar-refractivity contribution in [1.82, 2.24) is 10.2 Å². The van der Waals surface area contributed by atoms with Gasteiger partial charge < -0.3 is 5.32 Å². The lowest BCUT2D eigenvalue weighted by Crippen LogP contribution is -2.35. The standard InChI is InChI=1S/C13H15ClN4OS/c1-2-3-8-18(13-17-15-9-20-13)12(19)16-11-6-4-10(14)5-7-11/h4-7,9H,2-3,8H2,1H3,(H,16,19). The third-order valence-corrected chi connectivity index (χ3v) is 3.62. The summed E-state index contributed by atoms with van der Waals surface area (Å²) in [4.78, 5) is 13.9. The van der Waals surface area contributed by atoms with Gasteiger partial charge in [-0.2, -0.15) is 0 Å². The third kappa shape index (κ3) is 3.91. The number of unbranched alkanes of at least 4 members (excludes halogenated alkanes) is 1. The van der Waals surface area contributed by atoms with E-state index < -0.39 is 0 Å². The average molecular weight is 311 g/mol. The highest BCUT2D eigenvalue weighted by Gasteiger charge is 2.18. The molecular weight excluding hydrogens is 296 g/mol. The molecular formula is C13H15ClN4OS. The van der Waals surface area contributed by atoms with Gasteiger partial charge in [0.2, 0.25) is 5.13 Å².